The number of nitrogens with one attached hydrogen (secondary N) is 1. The number of thiazole rings is 1. The van der Waals surface area contributed by atoms with Crippen molar-refractivity contribution in [2.75, 3.05) is 10.2 Å². The number of primary sulfonamides is 1. The molecule has 0 aliphatic carbocycles. The number of alkyl halides is 3. The molecule has 0 bridgehead atoms. The van der Waals surface area contributed by atoms with E-state index in [9.17, 15) is 40.8 Å². The van der Waals surface area contributed by atoms with Crippen molar-refractivity contribution in [3.8, 4) is 0 Å². The second-order valence-electron chi connectivity index (χ2n) is 12.7. The molecule has 1 aromatic heterocycles. The molecule has 256 valence electrons. The number of carbonyl (C=O) groups is 3. The average molecular weight is 731 g/mol. The minimum absolute atomic E-state index is 0.163. The van der Waals surface area contributed by atoms with Crippen molar-refractivity contribution in [1.29, 1.82) is 0 Å². The fraction of sp³-hybridized carbons (Fsp3) is 0.273. The highest BCUT2D eigenvalue weighted by Gasteiger charge is 2.57. The number of nitrogens with zero attached hydrogens (tertiary/aromatic N) is 2. The van der Waals surface area contributed by atoms with Crippen LogP contribution in [0.3, 0.4) is 0 Å². The Morgan fingerprint density at radius 2 is 1.55 bits per heavy atom. The van der Waals surface area contributed by atoms with Gasteiger partial charge in [0.25, 0.3) is 0 Å². The van der Waals surface area contributed by atoms with Crippen LogP contribution in [0.4, 0.5) is 24.5 Å². The van der Waals surface area contributed by atoms with Crippen LogP contribution in [-0.2, 0) is 42.5 Å². The zero-order valence-corrected chi connectivity index (χ0v) is 28.6. The maximum atomic E-state index is 14.1. The number of sulfonamides is 1. The van der Waals surface area contributed by atoms with Crippen LogP contribution in [0.2, 0.25) is 0 Å². The van der Waals surface area contributed by atoms with Crippen LogP contribution in [-0.4, -0.2) is 36.0 Å². The van der Waals surface area contributed by atoms with E-state index in [1.165, 1.54) is 41.0 Å². The molecule has 0 saturated carbocycles. The summed E-state index contributed by atoms with van der Waals surface area (Å²) < 4.78 is 66.5. The molecule has 3 heterocycles. The Bertz CT molecular complexity index is 2160. The van der Waals surface area contributed by atoms with E-state index in [4.69, 9.17) is 5.14 Å². The summed E-state index contributed by atoms with van der Waals surface area (Å²) >= 11 is 1.68. The monoisotopic (exact) mass is 730 g/mol. The molecule has 1 fully saturated rings. The highest BCUT2D eigenvalue weighted by Crippen LogP contribution is 2.54. The lowest BCUT2D eigenvalue weighted by atomic mass is 9.81. The number of hydrogen-bond donors (Lipinski definition) is 2. The second-order valence-corrected chi connectivity index (χ2v) is 16.4. The Morgan fingerprint density at radius 1 is 0.918 bits per heavy atom. The Balaban J connectivity index is 1.41. The number of nitrogens with two attached hydrogens (primary N) is 1. The highest BCUT2D eigenvalue weighted by molar-refractivity contribution is 8.00. The smallest absolute Gasteiger partial charge is 0.325 e. The van der Waals surface area contributed by atoms with E-state index in [-0.39, 0.29) is 21.0 Å². The summed E-state index contributed by atoms with van der Waals surface area (Å²) in [5.41, 5.74) is -0.125. The van der Waals surface area contributed by atoms with Gasteiger partial charge in [0, 0.05) is 16.5 Å². The lowest BCUT2D eigenvalue weighted by molar-refractivity contribution is -0.137. The molecule has 16 heteroatoms. The molecule has 3 amide bonds. The number of imide groups is 1. The summed E-state index contributed by atoms with van der Waals surface area (Å²) in [6, 6.07) is 16.8. The van der Waals surface area contributed by atoms with Gasteiger partial charge in [0.15, 0.2) is 0 Å². The quantitative estimate of drug-likeness (QED) is 0.256. The Morgan fingerprint density at radius 3 is 2.14 bits per heavy atom. The predicted octanol–water partition coefficient (Wildman–Crippen LogP) is 5.31. The van der Waals surface area contributed by atoms with Crippen molar-refractivity contribution >= 4 is 62.2 Å². The van der Waals surface area contributed by atoms with E-state index in [1.54, 1.807) is 12.1 Å². The minimum atomic E-state index is -4.84. The first-order valence-corrected chi connectivity index (χ1v) is 18.1. The summed E-state index contributed by atoms with van der Waals surface area (Å²) in [5, 5.41) is 6.79. The molecule has 3 aromatic carbocycles. The van der Waals surface area contributed by atoms with Gasteiger partial charge in [-0.25, -0.2) is 18.5 Å². The van der Waals surface area contributed by atoms with E-state index in [2.05, 4.69) is 5.32 Å². The molecule has 6 rings (SSSR count). The number of para-hydroxylation sites is 1. The van der Waals surface area contributed by atoms with E-state index < -0.39 is 73.7 Å². The second kappa shape index (κ2) is 12.3. The summed E-state index contributed by atoms with van der Waals surface area (Å²) in [6.45, 7) is 5.57. The molecule has 49 heavy (non-hydrogen) atoms. The first-order chi connectivity index (χ1) is 22.9. The topological polar surface area (TPSA) is 149 Å². The largest absolute Gasteiger partial charge is 0.418 e. The van der Waals surface area contributed by atoms with Crippen molar-refractivity contribution in [3.05, 3.63) is 104 Å². The van der Waals surface area contributed by atoms with Gasteiger partial charge in [0.2, 0.25) is 27.7 Å². The van der Waals surface area contributed by atoms with Gasteiger partial charge in [0.1, 0.15) is 11.8 Å². The lowest BCUT2D eigenvalue weighted by Gasteiger charge is -2.31. The molecule has 2 aliphatic rings. The molecule has 3 N–H and O–H groups in total. The molecule has 1 saturated heterocycles. The summed E-state index contributed by atoms with van der Waals surface area (Å²) in [5.74, 6) is -4.33. The number of carbonyl (C=O) groups excluding carboxylic acids is 3. The van der Waals surface area contributed by atoms with Crippen molar-refractivity contribution in [2.24, 2.45) is 11.1 Å². The van der Waals surface area contributed by atoms with Gasteiger partial charge < -0.3 is 5.32 Å². The van der Waals surface area contributed by atoms with Crippen molar-refractivity contribution in [2.45, 2.75) is 60.0 Å². The average Bonchev–Trinajstić information content (AvgIpc) is 3.46. The number of benzene rings is 3. The number of rotatable bonds is 6. The van der Waals surface area contributed by atoms with Crippen LogP contribution in [0.5, 0.6) is 0 Å². The molecule has 0 radical (unpaired) electrons. The van der Waals surface area contributed by atoms with E-state index in [0.29, 0.717) is 15.3 Å². The number of anilines is 2. The van der Waals surface area contributed by atoms with Crippen LogP contribution >= 0.6 is 23.1 Å². The lowest BCUT2D eigenvalue weighted by Crippen LogP contribution is -2.33. The molecule has 3 atom stereocenters. The van der Waals surface area contributed by atoms with Crippen LogP contribution in [0.1, 0.15) is 48.3 Å². The third-order valence-corrected chi connectivity index (χ3v) is 11.9. The molecule has 0 unspecified atom stereocenters. The number of amides is 3. The van der Waals surface area contributed by atoms with Gasteiger partial charge in [-0.05, 0) is 52.9 Å². The summed E-state index contributed by atoms with van der Waals surface area (Å²) in [4.78, 5) is 55.0. The van der Waals surface area contributed by atoms with E-state index >= 15 is 0 Å². The van der Waals surface area contributed by atoms with E-state index in [1.807, 2.05) is 32.9 Å². The first-order valence-electron chi connectivity index (χ1n) is 14.8. The Hall–Kier alpha value is -4.25. The van der Waals surface area contributed by atoms with Crippen molar-refractivity contribution < 1.29 is 36.0 Å². The molecule has 0 spiro atoms. The molecule has 2 aliphatic heterocycles. The number of aromatic nitrogens is 1. The number of thioether (sulfide) groups is 1. The maximum Gasteiger partial charge on any atom is 0.418 e. The predicted molar refractivity (Wildman–Crippen MR) is 179 cm³/mol. The minimum Gasteiger partial charge on any atom is -0.325 e. The number of halogens is 3. The Labute approximate surface area is 287 Å². The van der Waals surface area contributed by atoms with Crippen molar-refractivity contribution in [1.82, 2.24) is 4.57 Å². The highest BCUT2D eigenvalue weighted by atomic mass is 32.2. The fourth-order valence-corrected chi connectivity index (χ4v) is 9.31. The third-order valence-electron chi connectivity index (χ3n) is 8.40. The van der Waals surface area contributed by atoms with Crippen LogP contribution in [0.25, 0.3) is 0 Å². The number of fused-ring (bicyclic) bond motifs is 2. The molecular weight excluding hydrogens is 702 g/mol. The normalized spacial score (nSPS) is 19.5. The van der Waals surface area contributed by atoms with Crippen LogP contribution < -0.4 is 20.2 Å². The van der Waals surface area contributed by atoms with Gasteiger partial charge in [-0.1, -0.05) is 80.3 Å². The maximum absolute atomic E-state index is 14.1. The fourth-order valence-electron chi connectivity index (χ4n) is 6.02. The Kier molecular flexibility index (Phi) is 8.66. The van der Waals surface area contributed by atoms with Gasteiger partial charge in [-0.3, -0.25) is 23.7 Å². The first kappa shape index (κ1) is 34.6. The van der Waals surface area contributed by atoms with Gasteiger partial charge in [-0.15, -0.1) is 0 Å². The van der Waals surface area contributed by atoms with Gasteiger partial charge in [0.05, 0.1) is 27.1 Å². The van der Waals surface area contributed by atoms with Gasteiger partial charge in [-0.2, -0.15) is 13.2 Å². The third kappa shape index (κ3) is 6.45. The SMILES string of the molecule is CC(C)(C)c1ccc([C@@H]2c3sc(=O)n(CC(=O)Nc4ccc(S(N)(=O)=O)cc4)c3S[C@H]3C(=O)N(c4ccccc4C(F)(F)F)C(=O)[C@@H]23)cc1. The van der Waals surface area contributed by atoms with Crippen molar-refractivity contribution in [3.63, 3.8) is 0 Å². The zero-order chi connectivity index (χ0) is 35.6. The van der Waals surface area contributed by atoms with E-state index in [0.717, 1.165) is 40.8 Å². The van der Waals surface area contributed by atoms with Gasteiger partial charge >= 0.3 is 11.0 Å². The standard InChI is InChI=1S/C33H29F3N4O6S3/c1-32(2,3)18-10-8-17(9-11-18)24-25-26(29(43)40(28(25)42)22-7-5-4-6-21(22)33(34,35)36)47-30-27(24)48-31(44)39(30)16-23(41)38-19-12-14-20(15-13-19)49(37,45)46/h4-15,24-26H,16H2,1-3H3,(H,38,41)(H2,37,45,46)/t24-,25-,26+/m0/s1. The number of hydrogen-bond acceptors (Lipinski definition) is 8. The van der Waals surface area contributed by atoms with Crippen LogP contribution in [0.15, 0.2) is 87.5 Å². The zero-order valence-electron chi connectivity index (χ0n) is 26.1. The molecule has 10 nitrogen and oxygen atoms in total. The summed E-state index contributed by atoms with van der Waals surface area (Å²) in [6.07, 6.45) is -4.84. The van der Waals surface area contributed by atoms with Crippen LogP contribution in [0, 0.1) is 5.92 Å². The molecular formula is C33H29F3N4O6S3. The molecule has 4 aromatic rings. The summed E-state index contributed by atoms with van der Waals surface area (Å²) in [7, 11) is -3.96.